The summed E-state index contributed by atoms with van der Waals surface area (Å²) in [4.78, 5) is 26.6. The molecule has 3 rings (SSSR count). The molecule has 0 aromatic heterocycles. The summed E-state index contributed by atoms with van der Waals surface area (Å²) in [6, 6.07) is 9.86. The predicted molar refractivity (Wildman–Crippen MR) is 115 cm³/mol. The van der Waals surface area contributed by atoms with Crippen LogP contribution in [0.25, 0.3) is 0 Å². The summed E-state index contributed by atoms with van der Waals surface area (Å²) in [5, 5.41) is 13.3. The van der Waals surface area contributed by atoms with E-state index in [1.807, 2.05) is 0 Å². The van der Waals surface area contributed by atoms with Crippen molar-refractivity contribution in [3.8, 4) is 0 Å². The summed E-state index contributed by atoms with van der Waals surface area (Å²) in [5.74, 6) is -2.44. The number of nitrogens with one attached hydrogen (secondary N) is 2. The van der Waals surface area contributed by atoms with Crippen molar-refractivity contribution in [3.05, 3.63) is 58.9 Å². The first-order valence-electron chi connectivity index (χ1n) is 9.42. The Hall–Kier alpha value is -2.69. The third-order valence-corrected chi connectivity index (χ3v) is 6.38. The topological polar surface area (TPSA) is 116 Å². The molecule has 1 fully saturated rings. The van der Waals surface area contributed by atoms with Crippen LogP contribution in [0.4, 0.5) is 15.8 Å². The molecule has 8 nitrogen and oxygen atoms in total. The summed E-state index contributed by atoms with van der Waals surface area (Å²) < 4.78 is 39.4. The number of benzene rings is 2. The zero-order valence-electron chi connectivity index (χ0n) is 16.6. The van der Waals surface area contributed by atoms with E-state index in [4.69, 9.17) is 11.6 Å². The molecule has 2 aromatic rings. The van der Waals surface area contributed by atoms with Crippen molar-refractivity contribution in [3.63, 3.8) is 0 Å². The van der Waals surface area contributed by atoms with Crippen molar-refractivity contribution in [1.82, 2.24) is 5.32 Å². The van der Waals surface area contributed by atoms with Crippen molar-refractivity contribution in [2.45, 2.75) is 25.5 Å². The van der Waals surface area contributed by atoms with Gasteiger partial charge in [0.25, 0.3) is 11.8 Å². The molecule has 1 atom stereocenters. The summed E-state index contributed by atoms with van der Waals surface area (Å²) in [7, 11) is -3.51. The van der Waals surface area contributed by atoms with Crippen molar-refractivity contribution in [1.29, 1.82) is 0 Å². The van der Waals surface area contributed by atoms with E-state index in [2.05, 4.69) is 10.0 Å². The third-order valence-electron chi connectivity index (χ3n) is 4.86. The van der Waals surface area contributed by atoms with Crippen LogP contribution < -0.4 is 14.9 Å². The lowest BCUT2D eigenvalue weighted by molar-refractivity contribution is -0.149. The monoisotopic (exact) mass is 469 g/mol. The maximum Gasteiger partial charge on any atom is 0.268 e. The average Bonchev–Trinajstić information content (AvgIpc) is 3.01. The second kappa shape index (κ2) is 8.81. The van der Waals surface area contributed by atoms with E-state index in [9.17, 15) is 27.5 Å². The lowest BCUT2D eigenvalue weighted by Crippen LogP contribution is -2.52. The van der Waals surface area contributed by atoms with Crippen molar-refractivity contribution >= 4 is 44.8 Å². The van der Waals surface area contributed by atoms with Crippen LogP contribution in [-0.4, -0.2) is 43.2 Å². The Morgan fingerprint density at radius 3 is 2.71 bits per heavy atom. The van der Waals surface area contributed by atoms with Crippen molar-refractivity contribution in [2.75, 3.05) is 21.9 Å². The Morgan fingerprint density at radius 2 is 2.03 bits per heavy atom. The molecular weight excluding hydrogens is 449 g/mol. The molecule has 1 aliphatic rings. The molecule has 0 unspecified atom stereocenters. The van der Waals surface area contributed by atoms with Gasteiger partial charge in [-0.1, -0.05) is 17.7 Å². The van der Waals surface area contributed by atoms with Crippen LogP contribution in [0.3, 0.4) is 0 Å². The Balaban J connectivity index is 1.72. The number of carbonyl (C=O) groups excluding carboxylic acids is 2. The fraction of sp³-hybridized carbons (Fsp3) is 0.300. The lowest BCUT2D eigenvalue weighted by Gasteiger charge is -2.22. The van der Waals surface area contributed by atoms with E-state index in [-0.39, 0.29) is 36.0 Å². The van der Waals surface area contributed by atoms with Crippen molar-refractivity contribution < 1.29 is 27.5 Å². The highest BCUT2D eigenvalue weighted by atomic mass is 35.5. The number of hydrogen-bond acceptors (Lipinski definition) is 5. The van der Waals surface area contributed by atoms with Crippen LogP contribution in [0.5, 0.6) is 0 Å². The number of hydrogen-bond donors (Lipinski definition) is 3. The van der Waals surface area contributed by atoms with Gasteiger partial charge in [-0.25, -0.2) is 12.8 Å². The number of aliphatic hydroxyl groups is 1. The Morgan fingerprint density at radius 1 is 1.29 bits per heavy atom. The van der Waals surface area contributed by atoms with Gasteiger partial charge < -0.3 is 15.3 Å². The zero-order valence-corrected chi connectivity index (χ0v) is 18.1. The molecule has 11 heteroatoms. The fourth-order valence-corrected chi connectivity index (χ4v) is 4.07. The van der Waals surface area contributed by atoms with Crippen LogP contribution in [0.2, 0.25) is 5.02 Å². The zero-order chi connectivity index (χ0) is 22.8. The normalized spacial score (nSPS) is 18.8. The molecule has 0 bridgehead atoms. The summed E-state index contributed by atoms with van der Waals surface area (Å²) in [6.45, 7) is 1.42. The van der Waals surface area contributed by atoms with Crippen molar-refractivity contribution in [2.24, 2.45) is 0 Å². The molecule has 1 saturated heterocycles. The molecular formula is C20H21ClFN3O5S. The van der Waals surface area contributed by atoms with E-state index in [0.29, 0.717) is 11.3 Å². The number of halogens is 2. The van der Waals surface area contributed by atoms with Gasteiger partial charge in [-0.05, 0) is 48.9 Å². The van der Waals surface area contributed by atoms with Gasteiger partial charge in [-0.3, -0.25) is 14.3 Å². The van der Waals surface area contributed by atoms with E-state index in [0.717, 1.165) is 6.07 Å². The van der Waals surface area contributed by atoms with E-state index >= 15 is 0 Å². The van der Waals surface area contributed by atoms with Crippen LogP contribution in [0, 0.1) is 5.82 Å². The summed E-state index contributed by atoms with van der Waals surface area (Å²) in [5.41, 5.74) is -1.33. The maximum atomic E-state index is 13.4. The predicted octanol–water partition coefficient (Wildman–Crippen LogP) is 2.02. The molecule has 0 saturated carbocycles. The van der Waals surface area contributed by atoms with Gasteiger partial charge in [0.15, 0.2) is 0 Å². The molecule has 0 radical (unpaired) electrons. The second-order valence-electron chi connectivity index (χ2n) is 7.08. The molecule has 0 aliphatic carbocycles. The highest BCUT2D eigenvalue weighted by Gasteiger charge is 2.51. The Kier molecular flexibility index (Phi) is 6.54. The molecule has 166 valence electrons. The van der Waals surface area contributed by atoms with E-state index in [1.54, 1.807) is 12.1 Å². The quantitative estimate of drug-likeness (QED) is 0.536. The maximum absolute atomic E-state index is 13.4. The number of nitrogens with zero attached hydrogens (tertiary/aromatic N) is 1. The average molecular weight is 470 g/mol. The van der Waals surface area contributed by atoms with Gasteiger partial charge in [-0.15, -0.1) is 0 Å². The highest BCUT2D eigenvalue weighted by molar-refractivity contribution is 7.92. The standard InChI is InChI=1S/C20H21ClFN3O5S/c1-2-31(29,30)24-16-4-3-5-17(11-16)25-7-6-20(28,19(25)27)18(26)23-12-13-8-14(21)10-15(22)9-13/h3-5,8-11,24,28H,2,6-7,12H2,1H3,(H,23,26)/t20-/m0/s1. The first-order valence-corrected chi connectivity index (χ1v) is 11.5. The largest absolute Gasteiger partial charge is 0.372 e. The number of carbonyl (C=O) groups is 2. The Labute approximate surface area is 184 Å². The minimum absolute atomic E-state index is 0.0541. The number of rotatable bonds is 7. The molecule has 2 amide bonds. The van der Waals surface area contributed by atoms with E-state index < -0.39 is 33.3 Å². The molecule has 2 aromatic carbocycles. The Bertz CT molecular complexity index is 1110. The smallest absolute Gasteiger partial charge is 0.268 e. The van der Waals surface area contributed by atoms with Gasteiger partial charge in [0.1, 0.15) is 5.82 Å². The van der Waals surface area contributed by atoms with Gasteiger partial charge >= 0.3 is 0 Å². The number of anilines is 2. The molecule has 0 spiro atoms. The third kappa shape index (κ3) is 5.15. The minimum Gasteiger partial charge on any atom is -0.372 e. The number of sulfonamides is 1. The van der Waals surface area contributed by atoms with Gasteiger partial charge in [-0.2, -0.15) is 0 Å². The lowest BCUT2D eigenvalue weighted by atomic mass is 10.0. The molecule has 1 aliphatic heterocycles. The second-order valence-corrected chi connectivity index (χ2v) is 9.53. The molecule has 3 N–H and O–H groups in total. The van der Waals surface area contributed by atoms with Crippen LogP contribution >= 0.6 is 11.6 Å². The minimum atomic E-state index is -3.51. The molecule has 31 heavy (non-hydrogen) atoms. The summed E-state index contributed by atoms with van der Waals surface area (Å²) in [6.07, 6.45) is -0.160. The fourth-order valence-electron chi connectivity index (χ4n) is 3.19. The first-order chi connectivity index (χ1) is 14.5. The summed E-state index contributed by atoms with van der Waals surface area (Å²) >= 11 is 5.79. The molecule has 1 heterocycles. The number of amides is 2. The van der Waals surface area contributed by atoms with Crippen LogP contribution in [0.1, 0.15) is 18.9 Å². The van der Waals surface area contributed by atoms with E-state index in [1.165, 1.54) is 36.1 Å². The highest BCUT2D eigenvalue weighted by Crippen LogP contribution is 2.30. The van der Waals surface area contributed by atoms with Crippen LogP contribution in [-0.2, 0) is 26.2 Å². The van der Waals surface area contributed by atoms with Gasteiger partial charge in [0.2, 0.25) is 15.6 Å². The SMILES string of the molecule is CCS(=O)(=O)Nc1cccc(N2CC[C@](O)(C(=O)NCc3cc(F)cc(Cl)c3)C2=O)c1. The van der Waals surface area contributed by atoms with Gasteiger partial charge in [0.05, 0.1) is 11.4 Å². The van der Waals surface area contributed by atoms with Crippen LogP contribution in [0.15, 0.2) is 42.5 Å². The van der Waals surface area contributed by atoms with Gasteiger partial charge in [0, 0.05) is 30.2 Å². The first kappa shape index (κ1) is 23.0.